The molecule has 35 heavy (non-hydrogen) atoms. The van der Waals surface area contributed by atoms with E-state index < -0.39 is 23.3 Å². The van der Waals surface area contributed by atoms with Crippen LogP contribution in [0.5, 0.6) is 0 Å². The summed E-state index contributed by atoms with van der Waals surface area (Å²) < 4.78 is 58.2. The van der Waals surface area contributed by atoms with E-state index in [0.29, 0.717) is 23.1 Å². The summed E-state index contributed by atoms with van der Waals surface area (Å²) >= 11 is 0. The fraction of sp³-hybridized carbons (Fsp3) is 0.161. The Morgan fingerprint density at radius 2 is 1.14 bits per heavy atom. The van der Waals surface area contributed by atoms with E-state index >= 15 is 0 Å². The van der Waals surface area contributed by atoms with E-state index in [4.69, 9.17) is 0 Å². The first kappa shape index (κ1) is 24.5. The predicted molar refractivity (Wildman–Crippen MR) is 136 cm³/mol. The zero-order valence-electron chi connectivity index (χ0n) is 19.7. The molecule has 4 heteroatoms. The lowest BCUT2D eigenvalue weighted by atomic mass is 9.99. The number of hydrogen-bond acceptors (Lipinski definition) is 0. The molecule has 0 unspecified atom stereocenters. The van der Waals surface area contributed by atoms with Crippen molar-refractivity contribution < 1.29 is 17.6 Å². The van der Waals surface area contributed by atoms with Gasteiger partial charge in [-0.05, 0) is 40.7 Å². The fourth-order valence-corrected chi connectivity index (χ4v) is 4.10. The highest BCUT2D eigenvalue weighted by molar-refractivity contribution is 5.74. The van der Waals surface area contributed by atoms with Gasteiger partial charge in [0.25, 0.3) is 0 Å². The lowest BCUT2D eigenvalue weighted by Gasteiger charge is -2.08. The van der Waals surface area contributed by atoms with Gasteiger partial charge < -0.3 is 0 Å². The van der Waals surface area contributed by atoms with Gasteiger partial charge in [-0.3, -0.25) is 0 Å². The monoisotopic (exact) mass is 474 g/mol. The molecule has 0 aliphatic heterocycles. The molecular formula is C31H26F4. The lowest BCUT2D eigenvalue weighted by Crippen LogP contribution is -1.95. The van der Waals surface area contributed by atoms with E-state index in [1.165, 1.54) is 6.08 Å². The van der Waals surface area contributed by atoms with Crippen molar-refractivity contribution in [3.8, 4) is 22.3 Å². The molecule has 178 valence electrons. The minimum atomic E-state index is -0.915. The second kappa shape index (κ2) is 10.7. The quantitative estimate of drug-likeness (QED) is 0.185. The molecule has 4 aromatic rings. The normalized spacial score (nSPS) is 11.4. The summed E-state index contributed by atoms with van der Waals surface area (Å²) in [6, 6.07) is 20.6. The molecule has 0 atom stereocenters. The maximum absolute atomic E-state index is 14.8. The molecule has 0 fully saturated rings. The average molecular weight is 475 g/mol. The van der Waals surface area contributed by atoms with Crippen molar-refractivity contribution in [2.45, 2.75) is 33.1 Å². The first-order valence-corrected chi connectivity index (χ1v) is 11.8. The summed E-state index contributed by atoms with van der Waals surface area (Å²) in [5.41, 5.74) is 3.90. The first-order valence-electron chi connectivity index (χ1n) is 11.8. The van der Waals surface area contributed by atoms with Crippen LogP contribution in [0.4, 0.5) is 17.6 Å². The maximum atomic E-state index is 14.8. The third-order valence-corrected chi connectivity index (χ3v) is 6.14. The Morgan fingerprint density at radius 3 is 1.74 bits per heavy atom. The van der Waals surface area contributed by atoms with Crippen molar-refractivity contribution in [2.75, 3.05) is 0 Å². The molecule has 0 saturated heterocycles. The minimum absolute atomic E-state index is 0.126. The Bertz CT molecular complexity index is 1350. The standard InChI is InChI=1S/C31H26F4/c1-3-5-20-6-11-23(12-7-20)27-19-17-25(29(33)31(27)35)15-10-21-8-13-24(14-9-21)26-18-16-22(4-2)28(32)30(26)34/h6-19H,3-5H2,1-2H3/b15-10+. The van der Waals surface area contributed by atoms with Crippen molar-refractivity contribution in [3.63, 3.8) is 0 Å². The molecule has 0 aromatic heterocycles. The number of rotatable bonds is 7. The van der Waals surface area contributed by atoms with Gasteiger partial charge in [-0.25, -0.2) is 17.6 Å². The molecule has 0 bridgehead atoms. The van der Waals surface area contributed by atoms with Gasteiger partial charge in [-0.15, -0.1) is 0 Å². The van der Waals surface area contributed by atoms with Crippen molar-refractivity contribution in [1.29, 1.82) is 0 Å². The molecule has 4 rings (SSSR count). The lowest BCUT2D eigenvalue weighted by molar-refractivity contribution is 0.502. The first-order chi connectivity index (χ1) is 16.9. The third kappa shape index (κ3) is 5.22. The Kier molecular flexibility index (Phi) is 7.50. The van der Waals surface area contributed by atoms with Gasteiger partial charge in [0, 0.05) is 16.7 Å². The smallest absolute Gasteiger partial charge is 0.167 e. The molecule has 0 aliphatic carbocycles. The van der Waals surface area contributed by atoms with Crippen LogP contribution in [0.25, 0.3) is 34.4 Å². The number of benzene rings is 4. The molecule has 0 aliphatic rings. The predicted octanol–water partition coefficient (Wildman–Crippen LogP) is 9.26. The van der Waals surface area contributed by atoms with E-state index in [9.17, 15) is 17.6 Å². The van der Waals surface area contributed by atoms with Crippen LogP contribution >= 0.6 is 0 Å². The summed E-state index contributed by atoms with van der Waals surface area (Å²) in [6.07, 6.45) is 5.53. The highest BCUT2D eigenvalue weighted by atomic mass is 19.2. The zero-order valence-corrected chi connectivity index (χ0v) is 19.7. The van der Waals surface area contributed by atoms with Gasteiger partial charge in [0.05, 0.1) is 0 Å². The van der Waals surface area contributed by atoms with E-state index in [1.54, 1.807) is 61.5 Å². The molecule has 0 saturated carbocycles. The summed E-state index contributed by atoms with van der Waals surface area (Å²) in [5.74, 6) is -3.50. The SMILES string of the molecule is CCCc1ccc(-c2ccc(/C=C/c3ccc(-c4ccc(CC)c(F)c4F)cc3)c(F)c2F)cc1. The highest BCUT2D eigenvalue weighted by Crippen LogP contribution is 2.29. The van der Waals surface area contributed by atoms with Crippen LogP contribution in [0.3, 0.4) is 0 Å². The summed E-state index contributed by atoms with van der Waals surface area (Å²) in [7, 11) is 0. The van der Waals surface area contributed by atoms with Crippen LogP contribution in [-0.2, 0) is 12.8 Å². The summed E-state index contributed by atoms with van der Waals surface area (Å²) in [6.45, 7) is 3.86. The maximum Gasteiger partial charge on any atom is 0.167 e. The summed E-state index contributed by atoms with van der Waals surface area (Å²) in [4.78, 5) is 0. The minimum Gasteiger partial charge on any atom is -0.203 e. The van der Waals surface area contributed by atoms with Crippen LogP contribution in [0.1, 0.15) is 42.5 Å². The van der Waals surface area contributed by atoms with Crippen molar-refractivity contribution in [1.82, 2.24) is 0 Å². The van der Waals surface area contributed by atoms with Gasteiger partial charge in [-0.1, -0.05) is 105 Å². The number of halogens is 4. The van der Waals surface area contributed by atoms with Crippen LogP contribution in [0, 0.1) is 23.3 Å². The van der Waals surface area contributed by atoms with Crippen LogP contribution in [-0.4, -0.2) is 0 Å². The van der Waals surface area contributed by atoms with Gasteiger partial charge in [0.15, 0.2) is 23.3 Å². The second-order valence-corrected chi connectivity index (χ2v) is 8.49. The molecule has 0 N–H and O–H groups in total. The number of hydrogen-bond donors (Lipinski definition) is 0. The van der Waals surface area contributed by atoms with Crippen LogP contribution < -0.4 is 0 Å². The van der Waals surface area contributed by atoms with E-state index in [2.05, 4.69) is 6.92 Å². The molecular weight excluding hydrogens is 448 g/mol. The Morgan fingerprint density at radius 1 is 0.571 bits per heavy atom. The average Bonchev–Trinajstić information content (AvgIpc) is 2.88. The molecule has 0 amide bonds. The van der Waals surface area contributed by atoms with E-state index in [1.807, 2.05) is 24.3 Å². The van der Waals surface area contributed by atoms with Crippen molar-refractivity contribution in [3.05, 3.63) is 118 Å². The topological polar surface area (TPSA) is 0 Å². The molecule has 0 radical (unpaired) electrons. The highest BCUT2D eigenvalue weighted by Gasteiger charge is 2.15. The van der Waals surface area contributed by atoms with Gasteiger partial charge in [-0.2, -0.15) is 0 Å². The largest absolute Gasteiger partial charge is 0.203 e. The van der Waals surface area contributed by atoms with E-state index in [-0.39, 0.29) is 16.7 Å². The fourth-order valence-electron chi connectivity index (χ4n) is 4.10. The van der Waals surface area contributed by atoms with Crippen LogP contribution in [0.15, 0.2) is 72.8 Å². The van der Waals surface area contributed by atoms with Gasteiger partial charge in [0.2, 0.25) is 0 Å². The Labute approximate surface area is 203 Å². The zero-order chi connectivity index (χ0) is 24.9. The molecule has 0 spiro atoms. The van der Waals surface area contributed by atoms with Crippen molar-refractivity contribution >= 4 is 12.2 Å². The molecule has 0 nitrogen and oxygen atoms in total. The second-order valence-electron chi connectivity index (χ2n) is 8.49. The third-order valence-electron chi connectivity index (χ3n) is 6.14. The molecule has 0 heterocycles. The number of aryl methyl sites for hydroxylation is 2. The van der Waals surface area contributed by atoms with Crippen molar-refractivity contribution in [2.24, 2.45) is 0 Å². The summed E-state index contributed by atoms with van der Waals surface area (Å²) in [5, 5.41) is 0. The van der Waals surface area contributed by atoms with E-state index in [0.717, 1.165) is 24.0 Å². The molecule has 4 aromatic carbocycles. The van der Waals surface area contributed by atoms with Gasteiger partial charge >= 0.3 is 0 Å². The van der Waals surface area contributed by atoms with Crippen LogP contribution in [0.2, 0.25) is 0 Å². The van der Waals surface area contributed by atoms with Gasteiger partial charge in [0.1, 0.15) is 0 Å². The Hall–Kier alpha value is -3.66. The Balaban J connectivity index is 1.54.